The molecule has 5 aromatic rings. The van der Waals surface area contributed by atoms with Crippen LogP contribution in [0.15, 0.2) is 104 Å². The molecule has 0 atom stereocenters. The Balaban J connectivity index is 1.48. The van der Waals surface area contributed by atoms with Crippen molar-refractivity contribution in [1.29, 1.82) is 0 Å². The Morgan fingerprint density at radius 3 is 2.16 bits per heavy atom. The fourth-order valence-corrected chi connectivity index (χ4v) is 3.82. The van der Waals surface area contributed by atoms with E-state index < -0.39 is 0 Å². The summed E-state index contributed by atoms with van der Waals surface area (Å²) in [4.78, 5) is 17.7. The third-order valence-corrected chi connectivity index (χ3v) is 5.35. The van der Waals surface area contributed by atoms with Crippen molar-refractivity contribution >= 4 is 22.4 Å². The molecule has 5 heteroatoms. The largest absolute Gasteiger partial charge is 0.340 e. The van der Waals surface area contributed by atoms with Gasteiger partial charge in [-0.3, -0.25) is 15.0 Å². The van der Waals surface area contributed by atoms with Crippen LogP contribution in [-0.4, -0.2) is 19.9 Å². The second kappa shape index (κ2) is 8.71. The van der Waals surface area contributed by atoms with Crippen molar-refractivity contribution in [1.82, 2.24) is 19.9 Å². The molecule has 4 heterocycles. The van der Waals surface area contributed by atoms with E-state index in [0.717, 1.165) is 45.5 Å². The Bertz CT molecular complexity index is 1250. The van der Waals surface area contributed by atoms with Crippen molar-refractivity contribution < 1.29 is 0 Å². The third kappa shape index (κ3) is 4.26. The smallest absolute Gasteiger partial charge is 0.133 e. The lowest BCUT2D eigenvalue weighted by Gasteiger charge is -2.19. The minimum atomic E-state index is 0.132. The van der Waals surface area contributed by atoms with Crippen LogP contribution in [0, 0.1) is 0 Å². The standard InChI is InChI=1S/C26H21N5/c1-7-21(17-27-11-1)24(22-8-2-12-28-18-22)16-20-6-4-14-30-26(20)31-23-9-10-25-19(15-23)5-3-13-29-25/h1-15,17-18,24H,16H2,(H,30,31). The number of rotatable bonds is 6. The maximum atomic E-state index is 4.64. The van der Waals surface area contributed by atoms with Crippen LogP contribution < -0.4 is 5.32 Å². The molecule has 0 aliphatic carbocycles. The monoisotopic (exact) mass is 403 g/mol. The highest BCUT2D eigenvalue weighted by atomic mass is 15.0. The van der Waals surface area contributed by atoms with Crippen LogP contribution in [0.25, 0.3) is 10.9 Å². The van der Waals surface area contributed by atoms with E-state index in [0.29, 0.717) is 0 Å². The van der Waals surface area contributed by atoms with Crippen molar-refractivity contribution in [2.45, 2.75) is 12.3 Å². The first kappa shape index (κ1) is 18.9. The number of aromatic nitrogens is 4. The summed E-state index contributed by atoms with van der Waals surface area (Å²) in [6.45, 7) is 0. The van der Waals surface area contributed by atoms with Crippen LogP contribution >= 0.6 is 0 Å². The molecule has 0 unspecified atom stereocenters. The van der Waals surface area contributed by atoms with Gasteiger partial charge in [-0.15, -0.1) is 0 Å². The molecule has 5 rings (SSSR count). The van der Waals surface area contributed by atoms with Crippen LogP contribution in [0.2, 0.25) is 0 Å². The van der Waals surface area contributed by atoms with Crippen molar-refractivity contribution in [2.24, 2.45) is 0 Å². The number of anilines is 2. The molecule has 0 fully saturated rings. The molecule has 0 bridgehead atoms. The Hall–Kier alpha value is -4.12. The number of nitrogens with one attached hydrogen (secondary N) is 1. The number of fused-ring (bicyclic) bond motifs is 1. The molecule has 0 spiro atoms. The maximum Gasteiger partial charge on any atom is 0.133 e. The third-order valence-electron chi connectivity index (χ3n) is 5.35. The highest BCUT2D eigenvalue weighted by Crippen LogP contribution is 2.31. The average molecular weight is 403 g/mol. The SMILES string of the molecule is c1cncc(C(Cc2cccnc2Nc2ccc3ncccc3c2)c2cccnc2)c1. The minimum Gasteiger partial charge on any atom is -0.340 e. The Labute approximate surface area is 180 Å². The fourth-order valence-electron chi connectivity index (χ4n) is 3.82. The second-order valence-electron chi connectivity index (χ2n) is 7.38. The Morgan fingerprint density at radius 1 is 0.710 bits per heavy atom. The predicted molar refractivity (Wildman–Crippen MR) is 123 cm³/mol. The zero-order valence-corrected chi connectivity index (χ0v) is 16.9. The summed E-state index contributed by atoms with van der Waals surface area (Å²) < 4.78 is 0. The number of hydrogen-bond acceptors (Lipinski definition) is 5. The summed E-state index contributed by atoms with van der Waals surface area (Å²) in [6, 6.07) is 22.5. The van der Waals surface area contributed by atoms with Crippen LogP contribution in [0.5, 0.6) is 0 Å². The van der Waals surface area contributed by atoms with Crippen LogP contribution in [-0.2, 0) is 6.42 Å². The van der Waals surface area contributed by atoms with Gasteiger partial charge < -0.3 is 5.32 Å². The molecular weight excluding hydrogens is 382 g/mol. The molecule has 0 saturated carbocycles. The number of nitrogens with zero attached hydrogens (tertiary/aromatic N) is 4. The van der Waals surface area contributed by atoms with Gasteiger partial charge in [-0.25, -0.2) is 4.98 Å². The molecule has 0 aliphatic rings. The first-order valence-corrected chi connectivity index (χ1v) is 10.2. The predicted octanol–water partition coefficient (Wildman–Crippen LogP) is 5.54. The Kier molecular flexibility index (Phi) is 5.31. The summed E-state index contributed by atoms with van der Waals surface area (Å²) in [7, 11) is 0. The molecule has 4 aromatic heterocycles. The summed E-state index contributed by atoms with van der Waals surface area (Å²) in [5, 5.41) is 4.59. The van der Waals surface area contributed by atoms with Crippen molar-refractivity contribution in [3.8, 4) is 0 Å². The van der Waals surface area contributed by atoms with E-state index in [9.17, 15) is 0 Å². The molecule has 0 aliphatic heterocycles. The molecule has 150 valence electrons. The van der Waals surface area contributed by atoms with Crippen molar-refractivity contribution in [3.63, 3.8) is 0 Å². The lowest BCUT2D eigenvalue weighted by molar-refractivity contribution is 0.793. The van der Waals surface area contributed by atoms with E-state index in [1.165, 1.54) is 0 Å². The maximum absolute atomic E-state index is 4.64. The normalized spacial score (nSPS) is 11.0. The number of benzene rings is 1. The highest BCUT2D eigenvalue weighted by molar-refractivity contribution is 5.83. The van der Waals surface area contributed by atoms with E-state index in [1.807, 2.05) is 61.2 Å². The summed E-state index contributed by atoms with van der Waals surface area (Å²) in [5.41, 5.74) is 5.40. The molecule has 0 radical (unpaired) electrons. The molecular formula is C26H21N5. The van der Waals surface area contributed by atoms with Crippen molar-refractivity contribution in [3.05, 3.63) is 121 Å². The number of hydrogen-bond donors (Lipinski definition) is 1. The molecule has 5 nitrogen and oxygen atoms in total. The first-order valence-electron chi connectivity index (χ1n) is 10.2. The summed E-state index contributed by atoms with van der Waals surface area (Å²) in [5.74, 6) is 0.983. The van der Waals surface area contributed by atoms with Gasteiger partial charge in [-0.1, -0.05) is 24.3 Å². The fraction of sp³-hybridized carbons (Fsp3) is 0.0769. The second-order valence-corrected chi connectivity index (χ2v) is 7.38. The van der Waals surface area contributed by atoms with Gasteiger partial charge in [0.05, 0.1) is 5.52 Å². The van der Waals surface area contributed by atoms with Gasteiger partial charge in [0.2, 0.25) is 0 Å². The van der Waals surface area contributed by atoms with E-state index in [4.69, 9.17) is 0 Å². The van der Waals surface area contributed by atoms with Crippen LogP contribution in [0.3, 0.4) is 0 Å². The van der Waals surface area contributed by atoms with Gasteiger partial charge in [-0.2, -0.15) is 0 Å². The lowest BCUT2D eigenvalue weighted by atomic mass is 9.87. The highest BCUT2D eigenvalue weighted by Gasteiger charge is 2.18. The van der Waals surface area contributed by atoms with Crippen molar-refractivity contribution in [2.75, 3.05) is 5.32 Å². The average Bonchev–Trinajstić information content (AvgIpc) is 2.84. The van der Waals surface area contributed by atoms with Gasteiger partial charge in [0.25, 0.3) is 0 Å². The zero-order chi connectivity index (χ0) is 20.9. The van der Waals surface area contributed by atoms with Crippen LogP contribution in [0.1, 0.15) is 22.6 Å². The zero-order valence-electron chi connectivity index (χ0n) is 16.9. The van der Waals surface area contributed by atoms with E-state index in [-0.39, 0.29) is 5.92 Å². The molecule has 31 heavy (non-hydrogen) atoms. The molecule has 0 saturated heterocycles. The van der Waals surface area contributed by atoms with Crippen LogP contribution in [0.4, 0.5) is 11.5 Å². The summed E-state index contributed by atoms with van der Waals surface area (Å²) in [6.07, 6.45) is 11.9. The Morgan fingerprint density at radius 2 is 1.42 bits per heavy atom. The van der Waals surface area contributed by atoms with Gasteiger partial charge in [0.15, 0.2) is 0 Å². The van der Waals surface area contributed by atoms with E-state index in [1.54, 1.807) is 12.4 Å². The lowest BCUT2D eigenvalue weighted by Crippen LogP contribution is -2.08. The van der Waals surface area contributed by atoms with Gasteiger partial charge in [0, 0.05) is 54.2 Å². The molecule has 1 N–H and O–H groups in total. The topological polar surface area (TPSA) is 63.6 Å². The quantitative estimate of drug-likeness (QED) is 0.403. The molecule has 0 amide bonds. The number of pyridine rings is 4. The van der Waals surface area contributed by atoms with Gasteiger partial charge in [0.1, 0.15) is 5.82 Å². The first-order chi connectivity index (χ1) is 15.4. The van der Waals surface area contributed by atoms with Gasteiger partial charge in [-0.05, 0) is 65.6 Å². The minimum absolute atomic E-state index is 0.132. The van der Waals surface area contributed by atoms with E-state index in [2.05, 4.69) is 55.6 Å². The molecule has 1 aromatic carbocycles. The van der Waals surface area contributed by atoms with E-state index >= 15 is 0 Å². The van der Waals surface area contributed by atoms with Gasteiger partial charge >= 0.3 is 0 Å². The summed E-state index contributed by atoms with van der Waals surface area (Å²) >= 11 is 0.